The fourth-order valence-corrected chi connectivity index (χ4v) is 5.96. The molecule has 2 aliphatic rings. The Labute approximate surface area is 199 Å². The number of allylic oxidation sites excluding steroid dienone is 6. The second-order valence-electron chi connectivity index (χ2n) is 9.72. The quantitative estimate of drug-likeness (QED) is 0.335. The third-order valence-electron chi connectivity index (χ3n) is 7.67. The van der Waals surface area contributed by atoms with Gasteiger partial charge in [0.2, 0.25) is 0 Å². The highest BCUT2D eigenvalue weighted by Crippen LogP contribution is 2.50. The lowest BCUT2D eigenvalue weighted by molar-refractivity contribution is 0.404. The first-order valence-electron chi connectivity index (χ1n) is 12.5. The molecule has 0 heterocycles. The van der Waals surface area contributed by atoms with Crippen LogP contribution < -0.4 is 0 Å². The Balaban J connectivity index is 1.47. The fourth-order valence-electron chi connectivity index (χ4n) is 5.96. The van der Waals surface area contributed by atoms with Gasteiger partial charge < -0.3 is 0 Å². The topological polar surface area (TPSA) is 0 Å². The van der Waals surface area contributed by atoms with E-state index in [9.17, 15) is 0 Å². The van der Waals surface area contributed by atoms with Crippen LogP contribution in [0.1, 0.15) is 54.7 Å². The molecule has 0 bridgehead atoms. The minimum absolute atomic E-state index is 0.533. The van der Waals surface area contributed by atoms with Crippen molar-refractivity contribution in [3.8, 4) is 0 Å². The van der Waals surface area contributed by atoms with Crippen LogP contribution in [0, 0.1) is 11.8 Å². The smallest absolute Gasteiger partial charge is 0.00266 e. The summed E-state index contributed by atoms with van der Waals surface area (Å²) in [5, 5.41) is 0. The van der Waals surface area contributed by atoms with Gasteiger partial charge in [0.1, 0.15) is 0 Å². The van der Waals surface area contributed by atoms with Crippen molar-refractivity contribution in [1.82, 2.24) is 0 Å². The summed E-state index contributed by atoms with van der Waals surface area (Å²) in [7, 11) is 0. The van der Waals surface area contributed by atoms with Gasteiger partial charge in [0.15, 0.2) is 0 Å². The second-order valence-corrected chi connectivity index (χ2v) is 9.72. The van der Waals surface area contributed by atoms with Crippen molar-refractivity contribution in [2.24, 2.45) is 11.8 Å². The zero-order valence-corrected chi connectivity index (χ0v) is 19.6. The summed E-state index contributed by atoms with van der Waals surface area (Å²) < 4.78 is 0. The van der Waals surface area contributed by atoms with Gasteiger partial charge in [0.25, 0.3) is 0 Å². The number of hydrogen-bond donors (Lipinski definition) is 0. The number of hydrogen-bond acceptors (Lipinski definition) is 0. The van der Waals surface area contributed by atoms with Gasteiger partial charge >= 0.3 is 0 Å². The van der Waals surface area contributed by atoms with E-state index in [1.807, 2.05) is 0 Å². The van der Waals surface area contributed by atoms with E-state index in [4.69, 9.17) is 0 Å². The molecule has 2 aliphatic carbocycles. The van der Waals surface area contributed by atoms with Gasteiger partial charge in [-0.05, 0) is 65.7 Å². The van der Waals surface area contributed by atoms with E-state index in [0.29, 0.717) is 23.7 Å². The number of aryl methyl sites for hydroxylation is 1. The van der Waals surface area contributed by atoms with Crippen LogP contribution in [0.3, 0.4) is 0 Å². The maximum atomic E-state index is 2.43. The lowest BCUT2D eigenvalue weighted by Gasteiger charge is -2.30. The molecular formula is C33H34. The van der Waals surface area contributed by atoms with Gasteiger partial charge in [0.05, 0.1) is 0 Å². The Kier molecular flexibility index (Phi) is 6.72. The monoisotopic (exact) mass is 430 g/mol. The summed E-state index contributed by atoms with van der Waals surface area (Å²) in [5.41, 5.74) is 7.67. The van der Waals surface area contributed by atoms with E-state index < -0.39 is 0 Å². The van der Waals surface area contributed by atoms with Crippen molar-refractivity contribution in [3.63, 3.8) is 0 Å². The van der Waals surface area contributed by atoms with Crippen molar-refractivity contribution >= 4 is 0 Å². The molecule has 4 atom stereocenters. The molecule has 3 aromatic carbocycles. The minimum Gasteiger partial charge on any atom is -0.0770 e. The van der Waals surface area contributed by atoms with E-state index in [2.05, 4.69) is 122 Å². The molecule has 0 radical (unpaired) electrons. The van der Waals surface area contributed by atoms with Crippen LogP contribution in [0.2, 0.25) is 0 Å². The Morgan fingerprint density at radius 1 is 0.727 bits per heavy atom. The predicted molar refractivity (Wildman–Crippen MR) is 140 cm³/mol. The number of fused-ring (bicyclic) bond motifs is 1. The first-order chi connectivity index (χ1) is 16.3. The van der Waals surface area contributed by atoms with Crippen LogP contribution in [0.25, 0.3) is 0 Å². The minimum atomic E-state index is 0.533. The summed E-state index contributed by atoms with van der Waals surface area (Å²) in [6, 6.07) is 33.4. The summed E-state index contributed by atoms with van der Waals surface area (Å²) in [5.74, 6) is 2.23. The SMILES string of the molecule is CC(CC(c1ccccc1)C1CC2C=CC=CC2=C1CCc1ccccc1)c1ccccc1. The molecule has 4 unspecified atom stereocenters. The van der Waals surface area contributed by atoms with Crippen LogP contribution in [0.15, 0.2) is 126 Å². The first-order valence-corrected chi connectivity index (χ1v) is 12.5. The molecule has 33 heavy (non-hydrogen) atoms. The average molecular weight is 431 g/mol. The Bertz CT molecular complexity index is 1120. The highest BCUT2D eigenvalue weighted by molar-refractivity contribution is 5.44. The Morgan fingerprint density at radius 2 is 1.36 bits per heavy atom. The molecule has 0 aliphatic heterocycles. The maximum absolute atomic E-state index is 2.43. The summed E-state index contributed by atoms with van der Waals surface area (Å²) >= 11 is 0. The highest BCUT2D eigenvalue weighted by Gasteiger charge is 2.37. The van der Waals surface area contributed by atoms with Gasteiger partial charge in [-0.2, -0.15) is 0 Å². The predicted octanol–water partition coefficient (Wildman–Crippen LogP) is 8.66. The van der Waals surface area contributed by atoms with E-state index in [0.717, 1.165) is 12.8 Å². The maximum Gasteiger partial charge on any atom is 0.00266 e. The van der Waals surface area contributed by atoms with Gasteiger partial charge in [-0.15, -0.1) is 0 Å². The van der Waals surface area contributed by atoms with Crippen molar-refractivity contribution in [2.75, 3.05) is 0 Å². The summed E-state index contributed by atoms with van der Waals surface area (Å²) in [6.07, 6.45) is 14.0. The van der Waals surface area contributed by atoms with Gasteiger partial charge in [-0.1, -0.05) is 128 Å². The molecule has 166 valence electrons. The molecule has 0 N–H and O–H groups in total. The molecule has 0 aromatic heterocycles. The Morgan fingerprint density at radius 3 is 2.06 bits per heavy atom. The molecule has 0 saturated heterocycles. The van der Waals surface area contributed by atoms with Crippen molar-refractivity contribution < 1.29 is 0 Å². The van der Waals surface area contributed by atoms with Crippen LogP contribution in [-0.2, 0) is 6.42 Å². The lowest BCUT2D eigenvalue weighted by Crippen LogP contribution is -2.17. The first kappa shape index (κ1) is 21.7. The molecule has 0 nitrogen and oxygen atoms in total. The standard InChI is InChI=1S/C33H34/c1-25(27-15-7-3-8-16-27)23-32(28-17-9-4-10-18-28)33-24-29-19-11-12-20-30(29)31(33)22-21-26-13-5-2-6-14-26/h2-20,25,29,32-33H,21-24H2,1H3. The van der Waals surface area contributed by atoms with Crippen LogP contribution in [-0.4, -0.2) is 0 Å². The fraction of sp³-hybridized carbons (Fsp3) is 0.273. The van der Waals surface area contributed by atoms with Crippen LogP contribution >= 0.6 is 0 Å². The normalized spacial score (nSPS) is 21.1. The molecule has 0 spiro atoms. The molecule has 0 fully saturated rings. The number of benzene rings is 3. The van der Waals surface area contributed by atoms with E-state index >= 15 is 0 Å². The molecule has 5 rings (SSSR count). The molecule has 0 amide bonds. The van der Waals surface area contributed by atoms with Gasteiger partial charge in [-0.25, -0.2) is 0 Å². The van der Waals surface area contributed by atoms with Crippen molar-refractivity contribution in [2.45, 2.75) is 44.4 Å². The summed E-state index contributed by atoms with van der Waals surface area (Å²) in [4.78, 5) is 0. The zero-order valence-electron chi connectivity index (χ0n) is 19.6. The van der Waals surface area contributed by atoms with Crippen LogP contribution in [0.5, 0.6) is 0 Å². The van der Waals surface area contributed by atoms with Crippen molar-refractivity contribution in [1.29, 1.82) is 0 Å². The molecule has 0 saturated carbocycles. The van der Waals surface area contributed by atoms with Gasteiger partial charge in [0, 0.05) is 5.92 Å². The molecule has 0 heteroatoms. The molecular weight excluding hydrogens is 396 g/mol. The van der Waals surface area contributed by atoms with Crippen LogP contribution in [0.4, 0.5) is 0 Å². The highest BCUT2D eigenvalue weighted by atomic mass is 14.4. The van der Waals surface area contributed by atoms with E-state index in [1.54, 1.807) is 11.1 Å². The van der Waals surface area contributed by atoms with E-state index in [1.165, 1.54) is 29.5 Å². The average Bonchev–Trinajstić information content (AvgIpc) is 3.25. The van der Waals surface area contributed by atoms with Gasteiger partial charge in [-0.3, -0.25) is 0 Å². The lowest BCUT2D eigenvalue weighted by atomic mass is 9.74. The van der Waals surface area contributed by atoms with Crippen molar-refractivity contribution in [3.05, 3.63) is 143 Å². The zero-order chi connectivity index (χ0) is 22.5. The third-order valence-corrected chi connectivity index (χ3v) is 7.67. The second kappa shape index (κ2) is 10.2. The summed E-state index contributed by atoms with van der Waals surface area (Å²) in [6.45, 7) is 2.41. The number of rotatable bonds is 8. The van der Waals surface area contributed by atoms with E-state index in [-0.39, 0.29) is 0 Å². The largest absolute Gasteiger partial charge is 0.0770 e. The molecule has 3 aromatic rings. The Hall–Kier alpha value is -3.12. The third kappa shape index (κ3) is 4.96.